The number of carbonyl (C=O) groups is 1. The molecule has 0 bridgehead atoms. The molecule has 34 heavy (non-hydrogen) atoms. The maximum atomic E-state index is 12.0. The van der Waals surface area contributed by atoms with Crippen LogP contribution in [-0.4, -0.2) is 61.1 Å². The first-order valence-corrected chi connectivity index (χ1v) is 11.9. The highest BCUT2D eigenvalue weighted by atomic mass is 16.4. The number of carboxylic acid groups (broad SMARTS) is 1. The van der Waals surface area contributed by atoms with Gasteiger partial charge in [0, 0.05) is 35.2 Å². The van der Waals surface area contributed by atoms with Crippen LogP contribution in [0.3, 0.4) is 0 Å². The molecule has 0 amide bonds. The first-order valence-electron chi connectivity index (χ1n) is 11.9. The van der Waals surface area contributed by atoms with Crippen molar-refractivity contribution in [1.82, 2.24) is 24.8 Å². The maximum absolute atomic E-state index is 12.0. The summed E-state index contributed by atoms with van der Waals surface area (Å²) >= 11 is 0. The van der Waals surface area contributed by atoms with E-state index in [0.717, 1.165) is 53.4 Å². The molecule has 0 radical (unpaired) electrons. The van der Waals surface area contributed by atoms with Gasteiger partial charge in [-0.2, -0.15) is 0 Å². The van der Waals surface area contributed by atoms with Crippen molar-refractivity contribution in [1.29, 1.82) is 0 Å². The fraction of sp³-hybridized carbons (Fsp3) is 0.385. The Bertz CT molecular complexity index is 1230. The molecule has 3 aromatic heterocycles. The molecular formula is C26H32N6O2. The zero-order valence-corrected chi connectivity index (χ0v) is 19.7. The van der Waals surface area contributed by atoms with Crippen LogP contribution >= 0.6 is 0 Å². The van der Waals surface area contributed by atoms with Crippen LogP contribution in [0.4, 0.5) is 5.82 Å². The number of para-hydroxylation sites is 1. The van der Waals surface area contributed by atoms with Gasteiger partial charge in [0.15, 0.2) is 0 Å². The first kappa shape index (κ1) is 23.6. The van der Waals surface area contributed by atoms with Gasteiger partial charge in [-0.25, -0.2) is 19.7 Å². The lowest BCUT2D eigenvalue weighted by Crippen LogP contribution is -2.38. The molecule has 0 aliphatic rings. The highest BCUT2D eigenvalue weighted by molar-refractivity contribution is 5.90. The molecule has 0 unspecified atom stereocenters. The van der Waals surface area contributed by atoms with Crippen LogP contribution in [0.2, 0.25) is 0 Å². The largest absolute Gasteiger partial charge is 0.480 e. The predicted molar refractivity (Wildman–Crippen MR) is 135 cm³/mol. The molecule has 0 aliphatic carbocycles. The third-order valence-electron chi connectivity index (χ3n) is 6.18. The van der Waals surface area contributed by atoms with E-state index in [1.165, 1.54) is 6.33 Å². The van der Waals surface area contributed by atoms with E-state index in [4.69, 9.17) is 0 Å². The number of rotatable bonds is 12. The second-order valence-corrected chi connectivity index (χ2v) is 8.87. The number of nitrogens with zero attached hydrogens (tertiary/aromatic N) is 4. The van der Waals surface area contributed by atoms with Crippen molar-refractivity contribution in [3.63, 3.8) is 0 Å². The van der Waals surface area contributed by atoms with Crippen LogP contribution in [0, 0.1) is 0 Å². The summed E-state index contributed by atoms with van der Waals surface area (Å²) in [5.74, 6) is -0.321. The molecule has 8 heteroatoms. The zero-order valence-electron chi connectivity index (χ0n) is 19.7. The van der Waals surface area contributed by atoms with Gasteiger partial charge in [0.05, 0.1) is 5.52 Å². The molecule has 3 heterocycles. The molecule has 1 aromatic carbocycles. The maximum Gasteiger partial charge on any atom is 0.326 e. The molecule has 0 saturated carbocycles. The average Bonchev–Trinajstić information content (AvgIpc) is 3.30. The number of aliphatic carboxylic acids is 1. The van der Waals surface area contributed by atoms with Crippen molar-refractivity contribution in [2.45, 2.75) is 51.6 Å². The second kappa shape index (κ2) is 11.1. The van der Waals surface area contributed by atoms with Crippen LogP contribution in [0.5, 0.6) is 0 Å². The number of anilines is 1. The number of pyridine rings is 1. The van der Waals surface area contributed by atoms with Crippen molar-refractivity contribution in [2.24, 2.45) is 0 Å². The van der Waals surface area contributed by atoms with Gasteiger partial charge in [-0.15, -0.1) is 0 Å². The summed E-state index contributed by atoms with van der Waals surface area (Å²) < 4.78 is 0. The summed E-state index contributed by atoms with van der Waals surface area (Å²) in [6, 6.07) is 13.4. The van der Waals surface area contributed by atoms with Crippen LogP contribution in [0.1, 0.15) is 38.8 Å². The highest BCUT2D eigenvalue weighted by Gasteiger charge is 2.21. The normalized spacial score (nSPS) is 12.6. The van der Waals surface area contributed by atoms with E-state index in [2.05, 4.69) is 56.1 Å². The highest BCUT2D eigenvalue weighted by Crippen LogP contribution is 2.20. The Kier molecular flexibility index (Phi) is 7.69. The number of hydrogen-bond acceptors (Lipinski definition) is 6. The van der Waals surface area contributed by atoms with E-state index in [9.17, 15) is 9.90 Å². The number of benzene rings is 1. The standard InChI is InChI=1S/C26H32N6O2/c1-18(2)32(15-6-5-7-20-11-10-19-12-14-27-24(19)30-20)16-13-23(26(33)34)31-25-21-8-3-4-9-22(21)28-17-29-25/h3-4,8-12,14,17-18,23H,5-7,13,15-16H2,1-2H3,(H,27,30)(H,33,34)(H,28,29,31)/t23-/m0/s1. The van der Waals surface area contributed by atoms with E-state index >= 15 is 0 Å². The quantitative estimate of drug-likeness (QED) is 0.267. The summed E-state index contributed by atoms with van der Waals surface area (Å²) in [5.41, 5.74) is 2.82. The summed E-state index contributed by atoms with van der Waals surface area (Å²) in [4.78, 5) is 30.7. The Hall–Kier alpha value is -3.52. The van der Waals surface area contributed by atoms with Gasteiger partial charge in [0.1, 0.15) is 23.8 Å². The lowest BCUT2D eigenvalue weighted by molar-refractivity contribution is -0.138. The van der Waals surface area contributed by atoms with Crippen molar-refractivity contribution in [2.75, 3.05) is 18.4 Å². The van der Waals surface area contributed by atoms with Crippen LogP contribution in [0.15, 0.2) is 55.0 Å². The molecule has 0 aliphatic heterocycles. The molecule has 8 nitrogen and oxygen atoms in total. The number of fused-ring (bicyclic) bond motifs is 2. The van der Waals surface area contributed by atoms with Crippen molar-refractivity contribution in [3.05, 3.63) is 60.7 Å². The number of hydrogen-bond donors (Lipinski definition) is 3. The van der Waals surface area contributed by atoms with E-state index in [0.29, 0.717) is 24.8 Å². The number of H-pyrrole nitrogens is 1. The van der Waals surface area contributed by atoms with Crippen LogP contribution in [0.25, 0.3) is 21.9 Å². The van der Waals surface area contributed by atoms with Crippen molar-refractivity contribution >= 4 is 33.7 Å². The van der Waals surface area contributed by atoms with Crippen LogP contribution in [-0.2, 0) is 11.2 Å². The minimum absolute atomic E-state index is 0.336. The minimum Gasteiger partial charge on any atom is -0.480 e. The third kappa shape index (κ3) is 5.88. The van der Waals surface area contributed by atoms with Gasteiger partial charge in [-0.1, -0.05) is 12.1 Å². The van der Waals surface area contributed by atoms with E-state index in [1.807, 2.05) is 36.5 Å². The molecule has 178 valence electrons. The number of aromatic amines is 1. The average molecular weight is 461 g/mol. The Morgan fingerprint density at radius 1 is 1.09 bits per heavy atom. The van der Waals surface area contributed by atoms with Gasteiger partial charge in [0.25, 0.3) is 0 Å². The smallest absolute Gasteiger partial charge is 0.326 e. The Morgan fingerprint density at radius 2 is 1.94 bits per heavy atom. The van der Waals surface area contributed by atoms with Gasteiger partial charge in [-0.05, 0) is 76.4 Å². The molecule has 4 rings (SSSR count). The molecular weight excluding hydrogens is 428 g/mol. The Morgan fingerprint density at radius 3 is 2.76 bits per heavy atom. The fourth-order valence-corrected chi connectivity index (χ4v) is 4.20. The molecule has 3 N–H and O–H groups in total. The lowest BCUT2D eigenvalue weighted by Gasteiger charge is -2.28. The lowest BCUT2D eigenvalue weighted by atomic mass is 10.1. The third-order valence-corrected chi connectivity index (χ3v) is 6.18. The van der Waals surface area contributed by atoms with E-state index < -0.39 is 12.0 Å². The number of aromatic nitrogens is 4. The Labute approximate surface area is 199 Å². The molecule has 0 spiro atoms. The predicted octanol–water partition coefficient (Wildman–Crippen LogP) is 4.49. The topological polar surface area (TPSA) is 107 Å². The second-order valence-electron chi connectivity index (χ2n) is 8.87. The van der Waals surface area contributed by atoms with Crippen molar-refractivity contribution in [3.8, 4) is 0 Å². The molecule has 4 aromatic rings. The minimum atomic E-state index is -0.878. The van der Waals surface area contributed by atoms with E-state index in [-0.39, 0.29) is 0 Å². The fourth-order valence-electron chi connectivity index (χ4n) is 4.20. The Balaban J connectivity index is 1.30. The zero-order chi connectivity index (χ0) is 23.9. The molecule has 1 atom stereocenters. The number of nitrogens with one attached hydrogen (secondary N) is 2. The van der Waals surface area contributed by atoms with Crippen LogP contribution < -0.4 is 5.32 Å². The summed E-state index contributed by atoms with van der Waals surface area (Å²) in [7, 11) is 0. The van der Waals surface area contributed by atoms with Gasteiger partial charge >= 0.3 is 5.97 Å². The SMILES string of the molecule is CC(C)N(CCCCc1ccc2cc[nH]c2n1)CC[C@H](Nc1ncnc2ccccc12)C(=O)O. The first-order chi connectivity index (χ1) is 16.5. The molecule has 0 fully saturated rings. The van der Waals surface area contributed by atoms with Gasteiger partial charge in [0.2, 0.25) is 0 Å². The summed E-state index contributed by atoms with van der Waals surface area (Å²) in [5, 5.41) is 14.9. The van der Waals surface area contributed by atoms with Crippen molar-refractivity contribution < 1.29 is 9.90 Å². The monoisotopic (exact) mass is 460 g/mol. The molecule has 0 saturated heterocycles. The summed E-state index contributed by atoms with van der Waals surface area (Å²) in [6.07, 6.45) is 6.86. The van der Waals surface area contributed by atoms with Gasteiger partial charge in [-0.3, -0.25) is 0 Å². The van der Waals surface area contributed by atoms with E-state index in [1.54, 1.807) is 0 Å². The number of aryl methyl sites for hydroxylation is 1. The number of carboxylic acids is 1. The number of unbranched alkanes of at least 4 members (excludes halogenated alkanes) is 1. The van der Waals surface area contributed by atoms with Gasteiger partial charge < -0.3 is 20.3 Å². The summed E-state index contributed by atoms with van der Waals surface area (Å²) in [6.45, 7) is 5.92.